The molecular weight excluding hydrogens is 568 g/mol. The predicted molar refractivity (Wildman–Crippen MR) is 185 cm³/mol. The molecule has 4 aromatic rings. The Balaban J connectivity index is 1.05. The molecule has 5 heteroatoms. The zero-order valence-corrected chi connectivity index (χ0v) is 27.0. The number of carbonyl (C=O) groups is 2. The molecule has 2 aliphatic rings. The molecule has 5 nitrogen and oxygen atoms in total. The second-order valence-electron chi connectivity index (χ2n) is 13.0. The first-order chi connectivity index (χ1) is 22.6. The van der Waals surface area contributed by atoms with E-state index < -0.39 is 5.41 Å². The van der Waals surface area contributed by atoms with Crippen LogP contribution in [0.3, 0.4) is 0 Å². The van der Waals surface area contributed by atoms with Crippen LogP contribution < -0.4 is 15.4 Å². The summed E-state index contributed by atoms with van der Waals surface area (Å²) in [5.41, 5.74) is 4.61. The van der Waals surface area contributed by atoms with Crippen molar-refractivity contribution in [3.63, 3.8) is 0 Å². The van der Waals surface area contributed by atoms with Crippen LogP contribution in [-0.4, -0.2) is 24.4 Å². The maximum atomic E-state index is 14.0. The summed E-state index contributed by atoms with van der Waals surface area (Å²) in [6, 6.07) is 34.2. The van der Waals surface area contributed by atoms with Crippen molar-refractivity contribution in [2.24, 2.45) is 5.92 Å². The number of hydrogen-bond donors (Lipinski definition) is 2. The summed E-state index contributed by atoms with van der Waals surface area (Å²) in [7, 11) is 0. The van der Waals surface area contributed by atoms with Crippen LogP contribution in [0.25, 0.3) is 11.1 Å². The molecule has 46 heavy (non-hydrogen) atoms. The van der Waals surface area contributed by atoms with Crippen LogP contribution in [0.4, 0.5) is 0 Å². The van der Waals surface area contributed by atoms with Crippen molar-refractivity contribution in [1.29, 1.82) is 0 Å². The Hall–Kier alpha value is -4.38. The fourth-order valence-electron chi connectivity index (χ4n) is 7.60. The largest absolute Gasteiger partial charge is 0.457 e. The smallest absolute Gasteiger partial charge is 0.255 e. The topological polar surface area (TPSA) is 67.4 Å². The van der Waals surface area contributed by atoms with Crippen LogP contribution in [-0.2, 0) is 10.2 Å². The van der Waals surface area contributed by atoms with E-state index in [-0.39, 0.29) is 17.9 Å². The summed E-state index contributed by atoms with van der Waals surface area (Å²) >= 11 is 0. The van der Waals surface area contributed by atoms with Crippen molar-refractivity contribution >= 4 is 11.8 Å². The normalized spacial score (nSPS) is 18.1. The number of rotatable bonds is 12. The van der Waals surface area contributed by atoms with E-state index in [2.05, 4.69) is 66.1 Å². The Kier molecular flexibility index (Phi) is 10.2. The Labute approximate surface area is 273 Å². The van der Waals surface area contributed by atoms with Gasteiger partial charge in [0.05, 0.1) is 5.56 Å². The lowest BCUT2D eigenvalue weighted by molar-refractivity contribution is -0.125. The first kappa shape index (κ1) is 31.6. The molecule has 0 aliphatic heterocycles. The van der Waals surface area contributed by atoms with Gasteiger partial charge in [-0.1, -0.05) is 118 Å². The van der Waals surface area contributed by atoms with Gasteiger partial charge in [0.15, 0.2) is 0 Å². The third-order valence-corrected chi connectivity index (χ3v) is 9.93. The van der Waals surface area contributed by atoms with Gasteiger partial charge in [0.2, 0.25) is 5.91 Å². The Bertz CT molecular complexity index is 1590. The van der Waals surface area contributed by atoms with Crippen LogP contribution in [0.1, 0.15) is 92.6 Å². The Morgan fingerprint density at radius 1 is 0.761 bits per heavy atom. The molecule has 4 aromatic carbocycles. The molecule has 2 unspecified atom stereocenters. The van der Waals surface area contributed by atoms with Gasteiger partial charge in [-0.2, -0.15) is 0 Å². The highest BCUT2D eigenvalue weighted by Crippen LogP contribution is 2.51. The summed E-state index contributed by atoms with van der Waals surface area (Å²) in [6.45, 7) is 2.79. The van der Waals surface area contributed by atoms with Gasteiger partial charge in [-0.3, -0.25) is 9.59 Å². The zero-order chi connectivity index (χ0) is 31.8. The number of amides is 2. The molecule has 0 bridgehead atoms. The van der Waals surface area contributed by atoms with Crippen molar-refractivity contribution in [3.8, 4) is 22.6 Å². The molecule has 2 amide bonds. The van der Waals surface area contributed by atoms with E-state index >= 15 is 0 Å². The highest BCUT2D eigenvalue weighted by molar-refractivity contribution is 6.00. The Morgan fingerprint density at radius 2 is 1.43 bits per heavy atom. The molecule has 1 fully saturated rings. The fraction of sp³-hybridized carbons (Fsp3) is 0.366. The number of unbranched alkanes of at least 4 members (excludes halogenated alkanes) is 1. The number of benzene rings is 4. The number of ether oxygens (including phenoxy) is 1. The number of nitrogens with one attached hydrogen (secondary N) is 2. The van der Waals surface area contributed by atoms with Gasteiger partial charge >= 0.3 is 0 Å². The van der Waals surface area contributed by atoms with Crippen LogP contribution in [0.15, 0.2) is 103 Å². The van der Waals surface area contributed by atoms with Gasteiger partial charge in [-0.25, -0.2) is 0 Å². The lowest BCUT2D eigenvalue weighted by atomic mass is 9.73. The molecular formula is C41H46N2O3. The van der Waals surface area contributed by atoms with E-state index in [1.54, 1.807) is 0 Å². The first-order valence-electron chi connectivity index (χ1n) is 17.2. The monoisotopic (exact) mass is 614 g/mol. The maximum Gasteiger partial charge on any atom is 0.255 e. The van der Waals surface area contributed by atoms with Gasteiger partial charge in [0.1, 0.15) is 16.9 Å². The number of carbonyl (C=O) groups excluding carboxylic acids is 2. The molecule has 238 valence electrons. The number of hydrogen-bond acceptors (Lipinski definition) is 3. The summed E-state index contributed by atoms with van der Waals surface area (Å²) in [6.07, 6.45) is 10.4. The lowest BCUT2D eigenvalue weighted by Gasteiger charge is -2.31. The molecule has 0 spiro atoms. The van der Waals surface area contributed by atoms with Crippen molar-refractivity contribution < 1.29 is 14.3 Å². The minimum atomic E-state index is -0.637. The van der Waals surface area contributed by atoms with Gasteiger partial charge in [0, 0.05) is 12.6 Å². The second-order valence-corrected chi connectivity index (χ2v) is 13.0. The average molecular weight is 615 g/mol. The van der Waals surface area contributed by atoms with Crippen LogP contribution in [0.2, 0.25) is 0 Å². The third-order valence-electron chi connectivity index (χ3n) is 9.93. The molecule has 6 rings (SSSR count). The standard InChI is InChI=1S/C41H46N2O3/c1-2-29-42-40(45)41(36-23-9-6-20-33(36)34-21-7-10-24-37(34)41)28-13-12-15-30-16-14-17-31(27-26-30)43-39(44)35-22-8-11-25-38(35)46-32-18-4-3-5-19-32/h3-11,18-25,30-31H,2,12-17,26-29H2,1H3,(H,42,45)(H,43,44). The Morgan fingerprint density at radius 3 is 2.17 bits per heavy atom. The average Bonchev–Trinajstić information content (AvgIpc) is 3.19. The lowest BCUT2D eigenvalue weighted by Crippen LogP contribution is -2.44. The summed E-state index contributed by atoms with van der Waals surface area (Å²) < 4.78 is 6.05. The quantitative estimate of drug-likeness (QED) is 0.123. The molecule has 0 heterocycles. The van der Waals surface area contributed by atoms with Crippen LogP contribution in [0, 0.1) is 5.92 Å². The van der Waals surface area contributed by atoms with Crippen molar-refractivity contribution in [2.45, 2.75) is 82.6 Å². The molecule has 0 aromatic heterocycles. The molecule has 2 N–H and O–H groups in total. The SMILES string of the molecule is CCCNC(=O)C1(CCCCC2CCCC(NC(=O)c3ccccc3Oc3ccccc3)CC2)c2ccccc2-c2ccccc21. The van der Waals surface area contributed by atoms with Crippen molar-refractivity contribution in [1.82, 2.24) is 10.6 Å². The highest BCUT2D eigenvalue weighted by Gasteiger charge is 2.48. The number of fused-ring (bicyclic) bond motifs is 3. The van der Waals surface area contributed by atoms with Crippen molar-refractivity contribution in [2.75, 3.05) is 6.54 Å². The zero-order valence-electron chi connectivity index (χ0n) is 27.0. The van der Waals surface area contributed by atoms with E-state index in [1.807, 2.05) is 54.6 Å². The van der Waals surface area contributed by atoms with E-state index in [9.17, 15) is 9.59 Å². The molecule has 0 radical (unpaired) electrons. The van der Waals surface area contributed by atoms with E-state index in [0.717, 1.165) is 68.9 Å². The van der Waals surface area contributed by atoms with Gasteiger partial charge in [0.25, 0.3) is 5.91 Å². The van der Waals surface area contributed by atoms with E-state index in [4.69, 9.17) is 4.74 Å². The van der Waals surface area contributed by atoms with E-state index in [0.29, 0.717) is 29.5 Å². The highest BCUT2D eigenvalue weighted by atomic mass is 16.5. The van der Waals surface area contributed by atoms with E-state index in [1.165, 1.54) is 17.5 Å². The van der Waals surface area contributed by atoms with Crippen LogP contribution in [0.5, 0.6) is 11.5 Å². The summed E-state index contributed by atoms with van der Waals surface area (Å²) in [4.78, 5) is 27.3. The van der Waals surface area contributed by atoms with Gasteiger partial charge in [-0.05, 0) is 84.5 Å². The van der Waals surface area contributed by atoms with Gasteiger partial charge < -0.3 is 15.4 Å². The first-order valence-corrected chi connectivity index (χ1v) is 17.2. The van der Waals surface area contributed by atoms with Gasteiger partial charge in [-0.15, -0.1) is 0 Å². The second kappa shape index (κ2) is 14.8. The molecule has 0 saturated heterocycles. The third kappa shape index (κ3) is 6.74. The predicted octanol–water partition coefficient (Wildman–Crippen LogP) is 9.21. The molecule has 2 aliphatic carbocycles. The molecule has 2 atom stereocenters. The minimum absolute atomic E-state index is 0.0706. The molecule has 1 saturated carbocycles. The fourth-order valence-corrected chi connectivity index (χ4v) is 7.60. The van der Waals surface area contributed by atoms with Crippen molar-refractivity contribution in [3.05, 3.63) is 120 Å². The summed E-state index contributed by atoms with van der Waals surface area (Å²) in [5.74, 6) is 2.00. The summed E-state index contributed by atoms with van der Waals surface area (Å²) in [5, 5.41) is 6.58. The van der Waals surface area contributed by atoms with Crippen LogP contribution >= 0.6 is 0 Å². The minimum Gasteiger partial charge on any atom is -0.457 e. The number of para-hydroxylation sites is 2. The maximum absolute atomic E-state index is 14.0.